The van der Waals surface area contributed by atoms with Gasteiger partial charge in [0, 0.05) is 31.0 Å². The fraction of sp³-hybridized carbons (Fsp3) is 0.571. The molecule has 4 rings (SSSR count). The van der Waals surface area contributed by atoms with E-state index in [9.17, 15) is 4.79 Å². The third kappa shape index (κ3) is 2.96. The van der Waals surface area contributed by atoms with Crippen LogP contribution in [0.25, 0.3) is 0 Å². The first-order valence-electron chi connectivity index (χ1n) is 9.50. The lowest BCUT2D eigenvalue weighted by molar-refractivity contribution is -0.139. The van der Waals surface area contributed by atoms with Crippen LogP contribution >= 0.6 is 0 Å². The second-order valence-electron chi connectivity index (χ2n) is 7.58. The van der Waals surface area contributed by atoms with E-state index < -0.39 is 0 Å². The molecule has 4 unspecified atom stereocenters. The molecular weight excluding hydrogens is 346 g/mol. The smallest absolute Gasteiger partial charge is 0.337 e. The number of piperidine rings is 1. The Bertz CT molecular complexity index is 774. The first-order valence-corrected chi connectivity index (χ1v) is 9.50. The van der Waals surface area contributed by atoms with Crippen LogP contribution in [0, 0.1) is 11.8 Å². The van der Waals surface area contributed by atoms with E-state index in [1.165, 1.54) is 18.2 Å². The van der Waals surface area contributed by atoms with E-state index in [2.05, 4.69) is 24.0 Å². The number of esters is 1. The fourth-order valence-electron chi connectivity index (χ4n) is 4.91. The summed E-state index contributed by atoms with van der Waals surface area (Å²) in [6, 6.07) is 4.46. The summed E-state index contributed by atoms with van der Waals surface area (Å²) in [5.41, 5.74) is 3.24. The Morgan fingerprint density at radius 2 is 1.93 bits per heavy atom. The Kier molecular flexibility index (Phi) is 4.76. The van der Waals surface area contributed by atoms with Crippen LogP contribution in [0.4, 0.5) is 0 Å². The van der Waals surface area contributed by atoms with Crippen LogP contribution in [0.5, 0.6) is 11.5 Å². The van der Waals surface area contributed by atoms with E-state index in [-0.39, 0.29) is 24.0 Å². The molecule has 6 heteroatoms. The Morgan fingerprint density at radius 3 is 2.63 bits per heavy atom. The highest BCUT2D eigenvalue weighted by Crippen LogP contribution is 2.48. The zero-order valence-electron chi connectivity index (χ0n) is 16.4. The van der Waals surface area contributed by atoms with Crippen LogP contribution in [-0.2, 0) is 20.7 Å². The van der Waals surface area contributed by atoms with Gasteiger partial charge in [-0.1, -0.05) is 0 Å². The molecule has 1 saturated heterocycles. The van der Waals surface area contributed by atoms with Gasteiger partial charge in [-0.2, -0.15) is 0 Å². The lowest BCUT2D eigenvalue weighted by Crippen LogP contribution is -2.51. The molecular formula is C21H27NO5. The molecule has 0 saturated carbocycles. The number of fused-ring (bicyclic) bond motifs is 4. The van der Waals surface area contributed by atoms with Crippen LogP contribution in [0.15, 0.2) is 24.0 Å². The number of hydrogen-bond acceptors (Lipinski definition) is 6. The third-order valence-electron chi connectivity index (χ3n) is 6.39. The largest absolute Gasteiger partial charge is 0.497 e. The van der Waals surface area contributed by atoms with Crippen molar-refractivity contribution in [1.82, 2.24) is 4.90 Å². The van der Waals surface area contributed by atoms with Crippen LogP contribution in [-0.4, -0.2) is 51.4 Å². The molecule has 0 bridgehead atoms. The van der Waals surface area contributed by atoms with Crippen molar-refractivity contribution in [3.8, 4) is 11.5 Å². The normalized spacial score (nSPS) is 29.4. The lowest BCUT2D eigenvalue weighted by Gasteiger charge is -2.50. The average Bonchev–Trinajstić information content (AvgIpc) is 2.71. The summed E-state index contributed by atoms with van der Waals surface area (Å²) >= 11 is 0. The zero-order chi connectivity index (χ0) is 19.1. The number of ether oxygens (including phenoxy) is 4. The number of carbonyl (C=O) groups is 1. The van der Waals surface area contributed by atoms with Crippen molar-refractivity contribution in [3.05, 3.63) is 35.1 Å². The van der Waals surface area contributed by atoms with Gasteiger partial charge in [0.1, 0.15) is 0 Å². The van der Waals surface area contributed by atoms with Crippen LogP contribution in [0.2, 0.25) is 0 Å². The molecule has 0 aliphatic carbocycles. The van der Waals surface area contributed by atoms with Crippen molar-refractivity contribution in [3.63, 3.8) is 0 Å². The number of methoxy groups -OCH3 is 3. The van der Waals surface area contributed by atoms with Crippen molar-refractivity contribution in [2.24, 2.45) is 11.8 Å². The SMILES string of the molecule is COC(=O)C1=COC(C)C2CN3CCc4cc(OC)c(OC)cc4C3CC12. The first kappa shape index (κ1) is 18.2. The van der Waals surface area contributed by atoms with Crippen LogP contribution < -0.4 is 9.47 Å². The van der Waals surface area contributed by atoms with Gasteiger partial charge < -0.3 is 18.9 Å². The molecule has 4 atom stereocenters. The Morgan fingerprint density at radius 1 is 1.19 bits per heavy atom. The zero-order valence-corrected chi connectivity index (χ0v) is 16.4. The van der Waals surface area contributed by atoms with Crippen LogP contribution in [0.3, 0.4) is 0 Å². The number of hydrogen-bond donors (Lipinski definition) is 0. The Balaban J connectivity index is 1.71. The van der Waals surface area contributed by atoms with Gasteiger partial charge >= 0.3 is 5.97 Å². The molecule has 0 radical (unpaired) electrons. The molecule has 3 heterocycles. The minimum Gasteiger partial charge on any atom is -0.497 e. The summed E-state index contributed by atoms with van der Waals surface area (Å²) in [4.78, 5) is 14.8. The Labute approximate surface area is 160 Å². The third-order valence-corrected chi connectivity index (χ3v) is 6.39. The number of carbonyl (C=O) groups excluding carboxylic acids is 1. The second-order valence-corrected chi connectivity index (χ2v) is 7.58. The highest BCUT2D eigenvalue weighted by Gasteiger charge is 2.46. The second kappa shape index (κ2) is 7.08. The van der Waals surface area contributed by atoms with Gasteiger partial charge in [0.25, 0.3) is 0 Å². The standard InChI is InChI=1S/C21H27NO5/c1-12-16-10-22-6-5-13-7-19(24-2)20(25-3)9-14(13)18(22)8-15(16)17(11-27-12)21(23)26-4/h7,9,11-12,15-16,18H,5-6,8,10H2,1-4H3. The molecule has 1 aromatic carbocycles. The number of rotatable bonds is 3. The van der Waals surface area contributed by atoms with E-state index >= 15 is 0 Å². The maximum atomic E-state index is 12.3. The molecule has 27 heavy (non-hydrogen) atoms. The first-order chi connectivity index (χ1) is 13.1. The van der Waals surface area contributed by atoms with Gasteiger partial charge in [0.15, 0.2) is 11.5 Å². The molecule has 3 aliphatic heterocycles. The molecule has 0 N–H and O–H groups in total. The van der Waals surface area contributed by atoms with Crippen molar-refractivity contribution >= 4 is 5.97 Å². The summed E-state index contributed by atoms with van der Waals surface area (Å²) < 4.78 is 21.8. The predicted molar refractivity (Wildman–Crippen MR) is 99.8 cm³/mol. The van der Waals surface area contributed by atoms with E-state index in [0.29, 0.717) is 11.5 Å². The molecule has 146 valence electrons. The molecule has 1 aromatic rings. The van der Waals surface area contributed by atoms with E-state index in [1.807, 2.05) is 0 Å². The molecule has 1 fully saturated rings. The highest BCUT2D eigenvalue weighted by atomic mass is 16.5. The predicted octanol–water partition coefficient (Wildman–Crippen LogP) is 2.71. The quantitative estimate of drug-likeness (QED) is 0.760. The maximum Gasteiger partial charge on any atom is 0.337 e. The molecule has 0 spiro atoms. The van der Waals surface area contributed by atoms with Crippen LogP contribution in [0.1, 0.15) is 30.5 Å². The molecule has 0 amide bonds. The topological polar surface area (TPSA) is 57.2 Å². The molecule has 0 aromatic heterocycles. The fourth-order valence-corrected chi connectivity index (χ4v) is 4.91. The number of benzene rings is 1. The minimum absolute atomic E-state index is 0.0937. The maximum absolute atomic E-state index is 12.3. The minimum atomic E-state index is -0.284. The van der Waals surface area contributed by atoms with Crippen molar-refractivity contribution < 1.29 is 23.7 Å². The van der Waals surface area contributed by atoms with Gasteiger partial charge in [-0.25, -0.2) is 4.79 Å². The van der Waals surface area contributed by atoms with Gasteiger partial charge in [0.2, 0.25) is 0 Å². The number of nitrogens with zero attached hydrogens (tertiary/aromatic N) is 1. The van der Waals surface area contributed by atoms with Gasteiger partial charge in [-0.05, 0) is 43.0 Å². The summed E-state index contributed by atoms with van der Waals surface area (Å²) in [6.07, 6.45) is 3.57. The average molecular weight is 373 g/mol. The summed E-state index contributed by atoms with van der Waals surface area (Å²) in [5, 5.41) is 0. The highest BCUT2D eigenvalue weighted by molar-refractivity contribution is 5.89. The summed E-state index contributed by atoms with van der Waals surface area (Å²) in [5.74, 6) is 1.68. The van der Waals surface area contributed by atoms with Gasteiger partial charge in [-0.15, -0.1) is 0 Å². The monoisotopic (exact) mass is 373 g/mol. The summed E-state index contributed by atoms with van der Waals surface area (Å²) in [7, 11) is 4.76. The van der Waals surface area contributed by atoms with Crippen molar-refractivity contribution in [1.29, 1.82) is 0 Å². The summed E-state index contributed by atoms with van der Waals surface area (Å²) in [6.45, 7) is 4.01. The molecule has 6 nitrogen and oxygen atoms in total. The molecule has 3 aliphatic rings. The van der Waals surface area contributed by atoms with Crippen molar-refractivity contribution in [2.45, 2.75) is 31.9 Å². The van der Waals surface area contributed by atoms with Crippen molar-refractivity contribution in [2.75, 3.05) is 34.4 Å². The van der Waals surface area contributed by atoms with E-state index in [0.717, 1.165) is 37.4 Å². The van der Waals surface area contributed by atoms with Gasteiger partial charge in [-0.3, -0.25) is 4.90 Å². The van der Waals surface area contributed by atoms with Gasteiger partial charge in [0.05, 0.1) is 39.3 Å². The van der Waals surface area contributed by atoms with E-state index in [1.54, 1.807) is 20.5 Å². The van der Waals surface area contributed by atoms with E-state index in [4.69, 9.17) is 18.9 Å². The lowest BCUT2D eigenvalue weighted by atomic mass is 9.71. The Hall–Kier alpha value is -2.21.